The normalized spacial score (nSPS) is 12.2. The van der Waals surface area contributed by atoms with Crippen LogP contribution in [0.15, 0.2) is 84.9 Å². The third-order valence-electron chi connectivity index (χ3n) is 5.09. The van der Waals surface area contributed by atoms with Crippen molar-refractivity contribution in [1.29, 1.82) is 0 Å². The summed E-state index contributed by atoms with van der Waals surface area (Å²) >= 11 is 0. The summed E-state index contributed by atoms with van der Waals surface area (Å²) in [7, 11) is 0. The van der Waals surface area contributed by atoms with Crippen LogP contribution in [-0.2, 0) is 33.8 Å². The van der Waals surface area contributed by atoms with Crippen molar-refractivity contribution in [3.8, 4) is 5.75 Å². The van der Waals surface area contributed by atoms with Crippen LogP contribution in [0.4, 0.5) is 4.79 Å². The molecule has 4 N–H and O–H groups in total. The molecule has 34 heavy (non-hydrogen) atoms. The summed E-state index contributed by atoms with van der Waals surface area (Å²) in [5.41, 5.74) is 2.21. The van der Waals surface area contributed by atoms with E-state index >= 15 is 0 Å². The van der Waals surface area contributed by atoms with Crippen molar-refractivity contribution in [2.75, 3.05) is 0 Å². The van der Waals surface area contributed by atoms with Crippen molar-refractivity contribution in [3.05, 3.63) is 102 Å². The van der Waals surface area contributed by atoms with Gasteiger partial charge < -0.3 is 25.6 Å². The molecular weight excluding hydrogens is 436 g/mol. The quantitative estimate of drug-likeness (QED) is 0.367. The number of rotatable bonds is 10. The summed E-state index contributed by atoms with van der Waals surface area (Å²) in [5.74, 6) is -1.81. The molecule has 0 aliphatic heterocycles. The minimum absolute atomic E-state index is 0.0118. The molecule has 8 nitrogen and oxygen atoms in total. The van der Waals surface area contributed by atoms with E-state index in [0.29, 0.717) is 5.56 Å². The molecular formula is C26H26N2O6. The van der Waals surface area contributed by atoms with Crippen LogP contribution in [0.25, 0.3) is 0 Å². The Morgan fingerprint density at radius 2 is 1.24 bits per heavy atom. The molecule has 2 atom stereocenters. The number of ether oxygens (including phenoxy) is 1. The number of alkyl carbamates (subject to hydrolysis) is 1. The van der Waals surface area contributed by atoms with Crippen molar-refractivity contribution < 1.29 is 29.3 Å². The highest BCUT2D eigenvalue weighted by molar-refractivity contribution is 5.89. The maximum absolute atomic E-state index is 13.0. The Labute approximate surface area is 197 Å². The molecule has 0 aliphatic carbocycles. The molecule has 0 aromatic heterocycles. The van der Waals surface area contributed by atoms with Gasteiger partial charge in [0.2, 0.25) is 5.91 Å². The fraction of sp³-hybridized carbons (Fsp3) is 0.192. The van der Waals surface area contributed by atoms with Crippen LogP contribution in [0.3, 0.4) is 0 Å². The summed E-state index contributed by atoms with van der Waals surface area (Å²) in [6.07, 6.45) is -0.624. The van der Waals surface area contributed by atoms with Gasteiger partial charge in [-0.05, 0) is 28.8 Å². The molecule has 3 aromatic carbocycles. The number of phenolic OH excluding ortho intramolecular Hbond substituents is 1. The summed E-state index contributed by atoms with van der Waals surface area (Å²) in [6.45, 7) is 0.0327. The highest BCUT2D eigenvalue weighted by atomic mass is 16.5. The molecule has 0 aliphatic rings. The molecule has 3 aromatic rings. The van der Waals surface area contributed by atoms with Crippen LogP contribution in [0.5, 0.6) is 5.75 Å². The van der Waals surface area contributed by atoms with Gasteiger partial charge in [0.05, 0.1) is 0 Å². The van der Waals surface area contributed by atoms with E-state index in [9.17, 15) is 24.6 Å². The number of carbonyl (C=O) groups excluding carboxylic acids is 2. The first-order valence-corrected chi connectivity index (χ1v) is 10.7. The number of hydrogen-bond acceptors (Lipinski definition) is 5. The van der Waals surface area contributed by atoms with Crippen molar-refractivity contribution in [2.24, 2.45) is 0 Å². The van der Waals surface area contributed by atoms with Gasteiger partial charge in [-0.1, -0.05) is 72.8 Å². The van der Waals surface area contributed by atoms with Crippen LogP contribution in [0.2, 0.25) is 0 Å². The van der Waals surface area contributed by atoms with Crippen molar-refractivity contribution in [3.63, 3.8) is 0 Å². The Bertz CT molecular complexity index is 1090. The molecule has 0 fully saturated rings. The predicted octanol–water partition coefficient (Wildman–Crippen LogP) is 3.04. The topological polar surface area (TPSA) is 125 Å². The van der Waals surface area contributed by atoms with E-state index in [1.54, 1.807) is 12.1 Å². The predicted molar refractivity (Wildman–Crippen MR) is 125 cm³/mol. The van der Waals surface area contributed by atoms with E-state index in [4.69, 9.17) is 4.74 Å². The average molecular weight is 463 g/mol. The van der Waals surface area contributed by atoms with Crippen molar-refractivity contribution >= 4 is 18.0 Å². The van der Waals surface area contributed by atoms with E-state index < -0.39 is 30.1 Å². The lowest BCUT2D eigenvalue weighted by atomic mass is 10.0. The van der Waals surface area contributed by atoms with Gasteiger partial charge in [0.25, 0.3) is 0 Å². The minimum Gasteiger partial charge on any atom is -0.508 e. The maximum Gasteiger partial charge on any atom is 0.408 e. The molecule has 0 radical (unpaired) electrons. The lowest BCUT2D eigenvalue weighted by molar-refractivity contribution is -0.142. The summed E-state index contributed by atoms with van der Waals surface area (Å²) in [5, 5.41) is 24.1. The van der Waals surface area contributed by atoms with Gasteiger partial charge in [-0.3, -0.25) is 4.79 Å². The molecule has 0 saturated carbocycles. The largest absolute Gasteiger partial charge is 0.508 e. The van der Waals surface area contributed by atoms with E-state index in [-0.39, 0.29) is 25.2 Å². The first kappa shape index (κ1) is 24.3. The summed E-state index contributed by atoms with van der Waals surface area (Å²) in [6, 6.07) is 21.9. The molecule has 8 heteroatoms. The number of carbonyl (C=O) groups is 3. The van der Waals surface area contributed by atoms with Gasteiger partial charge in [0.15, 0.2) is 0 Å². The van der Waals surface area contributed by atoms with Crippen LogP contribution >= 0.6 is 0 Å². The van der Waals surface area contributed by atoms with Crippen LogP contribution in [0.1, 0.15) is 16.7 Å². The zero-order chi connectivity index (χ0) is 24.3. The van der Waals surface area contributed by atoms with Crippen LogP contribution in [0, 0.1) is 0 Å². The number of phenols is 1. The molecule has 0 spiro atoms. The molecule has 0 bridgehead atoms. The van der Waals surface area contributed by atoms with Crippen LogP contribution in [-0.4, -0.2) is 40.3 Å². The monoisotopic (exact) mass is 462 g/mol. The SMILES string of the molecule is O=C(N[C@@H](Cc1ccccc1)C(=O)N[C@H](Cc1ccc(O)cc1)C(=O)O)OCc1ccccc1. The molecule has 0 saturated heterocycles. The number of carboxylic acids is 1. The van der Waals surface area contributed by atoms with Crippen LogP contribution < -0.4 is 10.6 Å². The molecule has 3 rings (SSSR count). The Hall–Kier alpha value is -4.33. The lowest BCUT2D eigenvalue weighted by Gasteiger charge is -2.21. The first-order valence-electron chi connectivity index (χ1n) is 10.7. The Morgan fingerprint density at radius 3 is 1.82 bits per heavy atom. The molecule has 2 amide bonds. The second kappa shape index (κ2) is 12.1. The highest BCUT2D eigenvalue weighted by Crippen LogP contribution is 2.12. The zero-order valence-corrected chi connectivity index (χ0v) is 18.4. The second-order valence-electron chi connectivity index (χ2n) is 7.72. The molecule has 0 unspecified atom stereocenters. The fourth-order valence-electron chi connectivity index (χ4n) is 3.31. The van der Waals surface area contributed by atoms with Gasteiger partial charge in [-0.2, -0.15) is 0 Å². The fourth-order valence-corrected chi connectivity index (χ4v) is 3.31. The molecule has 176 valence electrons. The zero-order valence-electron chi connectivity index (χ0n) is 18.4. The highest BCUT2D eigenvalue weighted by Gasteiger charge is 2.27. The summed E-state index contributed by atoms with van der Waals surface area (Å²) < 4.78 is 5.24. The van der Waals surface area contributed by atoms with Gasteiger partial charge >= 0.3 is 12.1 Å². The number of hydrogen-bond donors (Lipinski definition) is 4. The third kappa shape index (κ3) is 7.67. The standard InChI is InChI=1S/C26H26N2O6/c29-21-13-11-19(12-14-21)16-23(25(31)32)27-24(30)22(15-18-7-3-1-4-8-18)28-26(33)34-17-20-9-5-2-6-10-20/h1-14,22-23,29H,15-17H2,(H,27,30)(H,28,33)(H,31,32)/t22-,23+/m0/s1. The second-order valence-corrected chi connectivity index (χ2v) is 7.72. The minimum atomic E-state index is -1.22. The number of aromatic hydroxyl groups is 1. The Kier molecular flexibility index (Phi) is 8.62. The van der Waals surface area contributed by atoms with Crippen molar-refractivity contribution in [2.45, 2.75) is 31.5 Å². The third-order valence-corrected chi connectivity index (χ3v) is 5.09. The smallest absolute Gasteiger partial charge is 0.408 e. The number of nitrogens with one attached hydrogen (secondary N) is 2. The van der Waals surface area contributed by atoms with Gasteiger partial charge in [0.1, 0.15) is 24.4 Å². The number of aliphatic carboxylic acids is 1. The maximum atomic E-state index is 13.0. The Morgan fingerprint density at radius 1 is 0.706 bits per heavy atom. The van der Waals surface area contributed by atoms with E-state index in [1.807, 2.05) is 60.7 Å². The van der Waals surface area contributed by atoms with Gasteiger partial charge in [-0.15, -0.1) is 0 Å². The van der Waals surface area contributed by atoms with Crippen molar-refractivity contribution in [1.82, 2.24) is 10.6 Å². The summed E-state index contributed by atoms with van der Waals surface area (Å²) in [4.78, 5) is 37.2. The number of benzene rings is 3. The van der Waals surface area contributed by atoms with E-state index in [0.717, 1.165) is 11.1 Å². The lowest BCUT2D eigenvalue weighted by Crippen LogP contribution is -2.53. The van der Waals surface area contributed by atoms with Gasteiger partial charge in [0, 0.05) is 12.8 Å². The van der Waals surface area contributed by atoms with Gasteiger partial charge in [-0.25, -0.2) is 9.59 Å². The van der Waals surface area contributed by atoms with E-state index in [1.165, 1.54) is 12.1 Å². The number of carboxylic acid groups (broad SMARTS) is 1. The average Bonchev–Trinajstić information content (AvgIpc) is 2.84. The number of amides is 2. The first-order chi connectivity index (χ1) is 16.4. The molecule has 0 heterocycles. The Balaban J connectivity index is 1.68. The van der Waals surface area contributed by atoms with E-state index in [2.05, 4.69) is 10.6 Å².